The van der Waals surface area contributed by atoms with Gasteiger partial charge in [0.25, 0.3) is 0 Å². The van der Waals surface area contributed by atoms with Crippen molar-refractivity contribution >= 4 is 49.9 Å². The summed E-state index contributed by atoms with van der Waals surface area (Å²) in [5.74, 6) is 1.39. The van der Waals surface area contributed by atoms with Crippen molar-refractivity contribution in [3.05, 3.63) is 45.8 Å². The Labute approximate surface area is 181 Å². The molecule has 0 saturated heterocycles. The second kappa shape index (κ2) is 8.90. The predicted octanol–water partition coefficient (Wildman–Crippen LogP) is 4.84. The van der Waals surface area contributed by atoms with Gasteiger partial charge in [0, 0.05) is 24.2 Å². The molecule has 0 atom stereocenters. The van der Waals surface area contributed by atoms with E-state index in [-0.39, 0.29) is 15.7 Å². The molecule has 29 heavy (non-hydrogen) atoms. The van der Waals surface area contributed by atoms with E-state index < -0.39 is 9.84 Å². The fourth-order valence-corrected chi connectivity index (χ4v) is 5.62. The van der Waals surface area contributed by atoms with E-state index in [0.29, 0.717) is 35.7 Å². The maximum absolute atomic E-state index is 12.6. The Balaban J connectivity index is 1.76. The number of rotatable bonds is 8. The van der Waals surface area contributed by atoms with Gasteiger partial charge in [-0.05, 0) is 49.9 Å². The van der Waals surface area contributed by atoms with Crippen LogP contribution in [0.1, 0.15) is 37.6 Å². The molecule has 0 aliphatic rings. The van der Waals surface area contributed by atoms with Crippen LogP contribution in [0.5, 0.6) is 0 Å². The van der Waals surface area contributed by atoms with E-state index in [2.05, 4.69) is 21.5 Å². The highest BCUT2D eigenvalue weighted by Gasteiger charge is 2.19. The first-order chi connectivity index (χ1) is 13.7. The second-order valence-electron chi connectivity index (χ2n) is 7.05. The fraction of sp³-hybridized carbons (Fsp3) is 0.400. The van der Waals surface area contributed by atoms with Crippen molar-refractivity contribution in [1.82, 2.24) is 14.5 Å². The van der Waals surface area contributed by atoms with Crippen molar-refractivity contribution in [3.63, 3.8) is 0 Å². The van der Waals surface area contributed by atoms with Gasteiger partial charge in [0.15, 0.2) is 15.7 Å². The van der Waals surface area contributed by atoms with Crippen LogP contribution in [0.15, 0.2) is 29.3 Å². The van der Waals surface area contributed by atoms with Gasteiger partial charge < -0.3 is 10.3 Å². The van der Waals surface area contributed by atoms with Crippen molar-refractivity contribution in [2.45, 2.75) is 51.0 Å². The molecule has 3 aromatic rings. The Morgan fingerprint density at radius 2 is 1.97 bits per heavy atom. The van der Waals surface area contributed by atoms with Gasteiger partial charge in [0.1, 0.15) is 11.3 Å². The van der Waals surface area contributed by atoms with Crippen LogP contribution in [0.25, 0.3) is 11.0 Å². The molecule has 156 valence electrons. The highest BCUT2D eigenvalue weighted by Crippen LogP contribution is 2.27. The number of sulfone groups is 1. The maximum atomic E-state index is 12.6. The van der Waals surface area contributed by atoms with Gasteiger partial charge in [-0.2, -0.15) is 0 Å². The third-order valence-corrected chi connectivity index (χ3v) is 7.32. The molecule has 0 spiro atoms. The number of halogens is 2. The number of aromatic nitrogens is 3. The molecule has 0 saturated carbocycles. The summed E-state index contributed by atoms with van der Waals surface area (Å²) in [5.41, 5.74) is 8.71. The second-order valence-corrected chi connectivity index (χ2v) is 9.98. The first-order valence-corrected chi connectivity index (χ1v) is 11.9. The monoisotopic (exact) mass is 454 g/mol. The number of pyridine rings is 1. The molecule has 6 nitrogen and oxygen atoms in total. The third kappa shape index (κ3) is 4.68. The van der Waals surface area contributed by atoms with Gasteiger partial charge in [-0.1, -0.05) is 30.1 Å². The molecule has 2 heterocycles. The van der Waals surface area contributed by atoms with E-state index in [1.165, 1.54) is 18.2 Å². The zero-order chi connectivity index (χ0) is 21.2. The van der Waals surface area contributed by atoms with Crippen molar-refractivity contribution in [2.24, 2.45) is 0 Å². The number of nitrogens with two attached hydrogens (primary N) is 1. The van der Waals surface area contributed by atoms with Crippen LogP contribution in [0.3, 0.4) is 0 Å². The van der Waals surface area contributed by atoms with Gasteiger partial charge in [-0.25, -0.2) is 18.4 Å². The summed E-state index contributed by atoms with van der Waals surface area (Å²) in [4.78, 5) is 9.01. The Hall–Kier alpha value is -1.83. The average Bonchev–Trinajstić information content (AvgIpc) is 3.01. The van der Waals surface area contributed by atoms with Crippen molar-refractivity contribution in [3.8, 4) is 0 Å². The molecular weight excluding hydrogens is 431 g/mol. The third-order valence-electron chi connectivity index (χ3n) is 4.81. The summed E-state index contributed by atoms with van der Waals surface area (Å²) in [6, 6.07) is 4.45. The van der Waals surface area contributed by atoms with Crippen LogP contribution in [-0.2, 0) is 22.8 Å². The number of benzene rings is 1. The van der Waals surface area contributed by atoms with Crippen molar-refractivity contribution in [1.29, 1.82) is 0 Å². The predicted molar refractivity (Wildman–Crippen MR) is 118 cm³/mol. The lowest BCUT2D eigenvalue weighted by atomic mass is 10.2. The minimum absolute atomic E-state index is 0.0206. The van der Waals surface area contributed by atoms with Gasteiger partial charge in [0.05, 0.1) is 21.2 Å². The molecule has 9 heteroatoms. The topological polar surface area (TPSA) is 90.9 Å². The smallest absolute Gasteiger partial charge is 0.179 e. The summed E-state index contributed by atoms with van der Waals surface area (Å²) >= 11 is 11.9. The zero-order valence-electron chi connectivity index (χ0n) is 16.5. The van der Waals surface area contributed by atoms with E-state index in [4.69, 9.17) is 28.9 Å². The number of imidazole rings is 1. The van der Waals surface area contributed by atoms with E-state index in [1.54, 1.807) is 6.20 Å². The summed E-state index contributed by atoms with van der Waals surface area (Å²) in [6.45, 7) is 4.75. The number of nitrogens with zero attached hydrogens (tertiary/aromatic N) is 3. The quantitative estimate of drug-likeness (QED) is 0.491. The summed E-state index contributed by atoms with van der Waals surface area (Å²) in [5, 5.41) is 0.565. The molecule has 2 aromatic heterocycles. The highest BCUT2D eigenvalue weighted by molar-refractivity contribution is 7.91. The molecule has 3 rings (SSSR count). The molecule has 0 aliphatic heterocycles. The molecular formula is C20H24Cl2N4O2S. The van der Waals surface area contributed by atoms with Crippen LogP contribution in [0.2, 0.25) is 10.0 Å². The first-order valence-electron chi connectivity index (χ1n) is 9.52. The van der Waals surface area contributed by atoms with Gasteiger partial charge in [-0.15, -0.1) is 0 Å². The van der Waals surface area contributed by atoms with Gasteiger partial charge >= 0.3 is 0 Å². The average molecular weight is 455 g/mol. The largest absolute Gasteiger partial charge is 0.382 e. The van der Waals surface area contributed by atoms with Crippen molar-refractivity contribution < 1.29 is 8.42 Å². The Morgan fingerprint density at radius 3 is 2.66 bits per heavy atom. The standard InChI is InChI=1S/C20H24Cl2N4O2S/c1-3-6-17-25-18-19(13(2)12-24-20(18)23)26(17)9-4-5-10-29(27,28)16-8-7-14(21)11-15(16)22/h7-8,11-12H,3-6,9-10H2,1-2H3,(H2,23,24). The van der Waals surface area contributed by atoms with Crippen molar-refractivity contribution in [2.75, 3.05) is 11.5 Å². The Morgan fingerprint density at radius 1 is 1.21 bits per heavy atom. The van der Waals surface area contributed by atoms with Crippen LogP contribution in [0.4, 0.5) is 5.82 Å². The Kier molecular flexibility index (Phi) is 6.71. The summed E-state index contributed by atoms with van der Waals surface area (Å²) < 4.78 is 27.4. The van der Waals surface area contributed by atoms with E-state index in [1.807, 2.05) is 6.92 Å². The molecule has 0 fully saturated rings. The number of unbranched alkanes of at least 4 members (excludes halogenated alkanes) is 1. The van der Waals surface area contributed by atoms with Gasteiger partial charge in [-0.3, -0.25) is 0 Å². The summed E-state index contributed by atoms with van der Waals surface area (Å²) in [7, 11) is -3.47. The molecule has 0 radical (unpaired) electrons. The van der Waals surface area contributed by atoms with E-state index in [0.717, 1.165) is 29.7 Å². The molecule has 0 aliphatic carbocycles. The molecule has 0 bridgehead atoms. The maximum Gasteiger partial charge on any atom is 0.179 e. The molecule has 2 N–H and O–H groups in total. The SMILES string of the molecule is CCCc1nc2c(N)ncc(C)c2n1CCCCS(=O)(=O)c1ccc(Cl)cc1Cl. The lowest BCUT2D eigenvalue weighted by Gasteiger charge is -2.11. The van der Waals surface area contributed by atoms with Crippen LogP contribution in [-0.4, -0.2) is 28.7 Å². The number of aryl methyl sites for hydroxylation is 3. The highest BCUT2D eigenvalue weighted by atomic mass is 35.5. The lowest BCUT2D eigenvalue weighted by Crippen LogP contribution is -2.10. The number of nitrogen functional groups attached to an aromatic ring is 1. The van der Waals surface area contributed by atoms with Crippen LogP contribution >= 0.6 is 23.2 Å². The number of hydrogen-bond acceptors (Lipinski definition) is 5. The minimum atomic E-state index is -3.47. The summed E-state index contributed by atoms with van der Waals surface area (Å²) in [6.07, 6.45) is 4.73. The number of hydrogen-bond donors (Lipinski definition) is 1. The van der Waals surface area contributed by atoms with E-state index >= 15 is 0 Å². The zero-order valence-corrected chi connectivity index (χ0v) is 18.8. The first kappa shape index (κ1) is 21.9. The fourth-order valence-electron chi connectivity index (χ4n) is 3.42. The normalized spacial score (nSPS) is 12.0. The molecule has 1 aromatic carbocycles. The lowest BCUT2D eigenvalue weighted by molar-refractivity contribution is 0.579. The number of fused-ring (bicyclic) bond motifs is 1. The molecule has 0 unspecified atom stereocenters. The number of anilines is 1. The van der Waals surface area contributed by atoms with Crippen LogP contribution < -0.4 is 5.73 Å². The van der Waals surface area contributed by atoms with E-state index in [9.17, 15) is 8.42 Å². The van der Waals surface area contributed by atoms with Crippen LogP contribution in [0, 0.1) is 6.92 Å². The van der Waals surface area contributed by atoms with Gasteiger partial charge in [0.2, 0.25) is 0 Å². The Bertz CT molecular complexity index is 1140. The minimum Gasteiger partial charge on any atom is -0.382 e. The molecule has 0 amide bonds.